The van der Waals surface area contributed by atoms with Gasteiger partial charge in [-0.3, -0.25) is 0 Å². The molecule has 2 aromatic heterocycles. The number of benzene rings is 5. The Morgan fingerprint density at radius 1 is 0.583 bits per heavy atom. The van der Waals surface area contributed by atoms with Gasteiger partial charge in [-0.05, 0) is 57.5 Å². The highest BCUT2D eigenvalue weighted by molar-refractivity contribution is 6.16. The van der Waals surface area contributed by atoms with E-state index in [-0.39, 0.29) is 0 Å². The van der Waals surface area contributed by atoms with E-state index >= 15 is 0 Å². The van der Waals surface area contributed by atoms with Gasteiger partial charge in [-0.2, -0.15) is 5.10 Å². The van der Waals surface area contributed by atoms with Crippen molar-refractivity contribution in [1.82, 2.24) is 9.61 Å². The molecule has 170 valence electrons. The average molecular weight is 461 g/mol. The normalized spacial score (nSPS) is 13.8. The Balaban J connectivity index is 1.59. The van der Waals surface area contributed by atoms with E-state index in [2.05, 4.69) is 120 Å². The number of fused-ring (bicyclic) bond motifs is 6. The van der Waals surface area contributed by atoms with Crippen LogP contribution in [0.5, 0.6) is 0 Å². The summed E-state index contributed by atoms with van der Waals surface area (Å²) in [6.07, 6.45) is 2.48. The Kier molecular flexibility index (Phi) is 4.15. The molecule has 2 heteroatoms. The summed E-state index contributed by atoms with van der Waals surface area (Å²) in [5, 5.41) is 13.0. The summed E-state index contributed by atoms with van der Waals surface area (Å²) in [4.78, 5) is 0. The fraction of sp³-hybridized carbons (Fsp3) is 0.0882. The highest BCUT2D eigenvalue weighted by Crippen LogP contribution is 2.46. The molecule has 0 unspecified atom stereocenters. The third-order valence-electron chi connectivity index (χ3n) is 7.73. The minimum Gasteiger partial charge on any atom is -0.236 e. The number of nitrogens with zero attached hydrogens (tertiary/aromatic N) is 2. The zero-order valence-electron chi connectivity index (χ0n) is 19.9. The summed E-state index contributed by atoms with van der Waals surface area (Å²) in [5.41, 5.74) is 7.22. The largest absolute Gasteiger partial charge is 0.236 e. The van der Waals surface area contributed by atoms with E-state index in [1.165, 1.54) is 73.1 Å². The second-order valence-electron chi connectivity index (χ2n) is 9.97. The molecule has 2 heterocycles. The van der Waals surface area contributed by atoms with Crippen molar-refractivity contribution in [2.24, 2.45) is 0 Å². The van der Waals surface area contributed by atoms with E-state index in [4.69, 9.17) is 5.10 Å². The Morgan fingerprint density at radius 3 is 1.94 bits per heavy atom. The zero-order chi connectivity index (χ0) is 23.6. The number of pyridine rings is 1. The molecule has 1 aliphatic rings. The lowest BCUT2D eigenvalue weighted by Crippen LogP contribution is -1.98. The summed E-state index contributed by atoms with van der Waals surface area (Å²) in [6.45, 7) is 0. The van der Waals surface area contributed by atoms with Crippen LogP contribution in [0, 0.1) is 0 Å². The van der Waals surface area contributed by atoms with Crippen molar-refractivity contribution in [3.05, 3.63) is 121 Å². The molecule has 0 N–H and O–H groups in total. The van der Waals surface area contributed by atoms with E-state index in [1.54, 1.807) is 0 Å². The molecule has 0 aliphatic heterocycles. The summed E-state index contributed by atoms with van der Waals surface area (Å²) in [6, 6.07) is 41.8. The maximum Gasteiger partial charge on any atom is 0.102 e. The maximum absolute atomic E-state index is 5.44. The summed E-state index contributed by atoms with van der Waals surface area (Å²) in [7, 11) is 0. The second kappa shape index (κ2) is 7.53. The van der Waals surface area contributed by atoms with Crippen LogP contribution in [0.2, 0.25) is 0 Å². The van der Waals surface area contributed by atoms with Crippen molar-refractivity contribution in [3.63, 3.8) is 0 Å². The number of hydrogen-bond acceptors (Lipinski definition) is 1. The van der Waals surface area contributed by atoms with Crippen LogP contribution in [-0.4, -0.2) is 9.61 Å². The molecule has 8 rings (SSSR count). The molecule has 5 aromatic carbocycles. The van der Waals surface area contributed by atoms with Crippen molar-refractivity contribution < 1.29 is 0 Å². The van der Waals surface area contributed by atoms with Gasteiger partial charge in [0.15, 0.2) is 0 Å². The minimum atomic E-state index is 0.585. The van der Waals surface area contributed by atoms with Gasteiger partial charge in [0.1, 0.15) is 5.69 Å². The van der Waals surface area contributed by atoms with Crippen molar-refractivity contribution >= 4 is 37.8 Å². The van der Waals surface area contributed by atoms with Gasteiger partial charge >= 0.3 is 0 Å². The van der Waals surface area contributed by atoms with E-state index in [0.717, 1.165) is 5.69 Å². The minimum absolute atomic E-state index is 0.585. The zero-order valence-corrected chi connectivity index (χ0v) is 19.9. The Bertz CT molecular complexity index is 1940. The monoisotopic (exact) mass is 460 g/mol. The first-order chi connectivity index (χ1) is 17.9. The van der Waals surface area contributed by atoms with Gasteiger partial charge < -0.3 is 0 Å². The van der Waals surface area contributed by atoms with E-state index in [0.29, 0.717) is 5.92 Å². The molecule has 1 fully saturated rings. The van der Waals surface area contributed by atoms with Crippen LogP contribution in [-0.2, 0) is 0 Å². The standard InChI is InChI=1S/C34H24N2/c1-2-10-23(11-3-1)32-33(30-20-24-12-4-6-14-26(24)28-16-8-9-17-29(28)30)35-36-31(22-18-19-22)21-25-13-5-7-15-27(25)34(32)36/h1-17,20-22H,18-19H2. The number of aromatic nitrogens is 2. The molecule has 1 aliphatic carbocycles. The van der Waals surface area contributed by atoms with Gasteiger partial charge in [-0.25, -0.2) is 4.52 Å². The van der Waals surface area contributed by atoms with Crippen LogP contribution in [0.15, 0.2) is 115 Å². The van der Waals surface area contributed by atoms with Crippen molar-refractivity contribution in [1.29, 1.82) is 0 Å². The topological polar surface area (TPSA) is 17.3 Å². The van der Waals surface area contributed by atoms with Crippen LogP contribution in [0.1, 0.15) is 24.5 Å². The highest BCUT2D eigenvalue weighted by Gasteiger charge is 2.30. The Hall–Kier alpha value is -4.43. The van der Waals surface area contributed by atoms with Gasteiger partial charge in [0, 0.05) is 28.1 Å². The van der Waals surface area contributed by atoms with E-state index < -0.39 is 0 Å². The van der Waals surface area contributed by atoms with Crippen LogP contribution < -0.4 is 0 Å². The third-order valence-corrected chi connectivity index (χ3v) is 7.73. The maximum atomic E-state index is 5.44. The highest BCUT2D eigenvalue weighted by atomic mass is 15.2. The van der Waals surface area contributed by atoms with Crippen LogP contribution in [0.25, 0.3) is 60.2 Å². The Morgan fingerprint density at radius 2 is 1.19 bits per heavy atom. The van der Waals surface area contributed by atoms with E-state index in [1.807, 2.05) is 0 Å². The molecule has 0 radical (unpaired) electrons. The quantitative estimate of drug-likeness (QED) is 0.240. The Labute approximate surface area is 209 Å². The summed E-state index contributed by atoms with van der Waals surface area (Å²) >= 11 is 0. The molecule has 0 atom stereocenters. The number of hydrogen-bond donors (Lipinski definition) is 0. The molecule has 7 aromatic rings. The lowest BCUT2D eigenvalue weighted by Gasteiger charge is -2.11. The van der Waals surface area contributed by atoms with Crippen LogP contribution in [0.3, 0.4) is 0 Å². The molecule has 2 nitrogen and oxygen atoms in total. The molecule has 36 heavy (non-hydrogen) atoms. The van der Waals surface area contributed by atoms with Crippen molar-refractivity contribution in [2.75, 3.05) is 0 Å². The van der Waals surface area contributed by atoms with Crippen LogP contribution >= 0.6 is 0 Å². The fourth-order valence-corrected chi connectivity index (χ4v) is 5.90. The first-order valence-corrected chi connectivity index (χ1v) is 12.8. The molecule has 0 spiro atoms. The lowest BCUT2D eigenvalue weighted by atomic mass is 9.92. The average Bonchev–Trinajstić information content (AvgIpc) is 3.71. The first kappa shape index (κ1) is 19.8. The molecular formula is C34H24N2. The predicted octanol–water partition coefficient (Wildman–Crippen LogP) is 9.01. The molecule has 1 saturated carbocycles. The smallest absolute Gasteiger partial charge is 0.102 e. The summed E-state index contributed by atoms with van der Waals surface area (Å²) < 4.78 is 2.27. The third kappa shape index (κ3) is 2.88. The first-order valence-electron chi connectivity index (χ1n) is 12.8. The lowest BCUT2D eigenvalue weighted by molar-refractivity contribution is 0.866. The molecular weight excluding hydrogens is 436 g/mol. The predicted molar refractivity (Wildman–Crippen MR) is 151 cm³/mol. The van der Waals surface area contributed by atoms with E-state index in [9.17, 15) is 0 Å². The van der Waals surface area contributed by atoms with Gasteiger partial charge in [0.05, 0.1) is 5.52 Å². The number of rotatable bonds is 3. The van der Waals surface area contributed by atoms with Crippen LogP contribution in [0.4, 0.5) is 0 Å². The second-order valence-corrected chi connectivity index (χ2v) is 9.97. The molecule has 0 saturated heterocycles. The van der Waals surface area contributed by atoms with Gasteiger partial charge in [-0.1, -0.05) is 103 Å². The SMILES string of the molecule is c1ccc(-c2c(-c3cc4ccccc4c4ccccc34)nn3c(C4CC4)cc4ccccc4c23)cc1. The molecule has 0 bridgehead atoms. The summed E-state index contributed by atoms with van der Waals surface area (Å²) in [5.74, 6) is 0.585. The van der Waals surface area contributed by atoms with Crippen molar-refractivity contribution in [3.8, 4) is 22.4 Å². The van der Waals surface area contributed by atoms with Crippen molar-refractivity contribution in [2.45, 2.75) is 18.8 Å². The van der Waals surface area contributed by atoms with Gasteiger partial charge in [0.2, 0.25) is 0 Å². The van der Waals surface area contributed by atoms with Gasteiger partial charge in [-0.15, -0.1) is 0 Å². The van der Waals surface area contributed by atoms with Gasteiger partial charge in [0.25, 0.3) is 0 Å². The molecule has 0 amide bonds. The fourth-order valence-electron chi connectivity index (χ4n) is 5.90.